The molecule has 0 aliphatic heterocycles. The van der Waals surface area contributed by atoms with E-state index < -0.39 is 16.9 Å². The average molecular weight is 289 g/mol. The molecule has 5 heteroatoms. The Bertz CT molecular complexity index is 229. The van der Waals surface area contributed by atoms with Gasteiger partial charge in [-0.1, -0.05) is 33.6 Å². The molecule has 1 saturated carbocycles. The molecule has 3 nitrogen and oxygen atoms in total. The first kappa shape index (κ1) is 16.4. The van der Waals surface area contributed by atoms with Crippen molar-refractivity contribution in [3.05, 3.63) is 0 Å². The number of nitrogens with one attached hydrogen (secondary N) is 2. The fourth-order valence-electron chi connectivity index (χ4n) is 3.43. The van der Waals surface area contributed by atoms with Crippen LogP contribution in [-0.2, 0) is 4.43 Å². The summed E-state index contributed by atoms with van der Waals surface area (Å²) in [5, 5.41) is 0. The van der Waals surface area contributed by atoms with Crippen LogP contribution < -0.4 is 9.63 Å². The molecule has 0 spiro atoms. The summed E-state index contributed by atoms with van der Waals surface area (Å²) in [6, 6.07) is 3.94. The van der Waals surface area contributed by atoms with Crippen molar-refractivity contribution in [2.24, 2.45) is 0 Å². The molecule has 0 heterocycles. The highest BCUT2D eigenvalue weighted by molar-refractivity contribution is 6.90. The summed E-state index contributed by atoms with van der Waals surface area (Å²) in [5.41, 5.74) is 0.754. The van der Waals surface area contributed by atoms with Gasteiger partial charge in [0.25, 0.3) is 0 Å². The third-order valence-electron chi connectivity index (χ3n) is 5.10. The van der Waals surface area contributed by atoms with Crippen LogP contribution in [0.2, 0.25) is 23.7 Å². The Labute approximate surface area is 115 Å². The molecule has 0 saturated heterocycles. The molecule has 0 aromatic heterocycles. The van der Waals surface area contributed by atoms with Gasteiger partial charge in [-0.25, -0.2) is 0 Å². The van der Waals surface area contributed by atoms with Crippen LogP contribution in [0.25, 0.3) is 0 Å². The predicted molar refractivity (Wildman–Crippen MR) is 84.4 cm³/mol. The lowest BCUT2D eigenvalue weighted by atomic mass is 10.4. The van der Waals surface area contributed by atoms with Gasteiger partial charge in [-0.15, -0.1) is 0 Å². The summed E-state index contributed by atoms with van der Waals surface area (Å²) >= 11 is 0. The Morgan fingerprint density at radius 2 is 1.56 bits per heavy atom. The largest absolute Gasteiger partial charge is 0.395 e. The van der Waals surface area contributed by atoms with Gasteiger partial charge in [0.15, 0.2) is 0 Å². The van der Waals surface area contributed by atoms with Gasteiger partial charge in [-0.2, -0.15) is 0 Å². The fourth-order valence-corrected chi connectivity index (χ4v) is 14.1. The van der Waals surface area contributed by atoms with Gasteiger partial charge in [0.1, 0.15) is 8.24 Å². The molecule has 0 amide bonds. The molecule has 108 valence electrons. The lowest BCUT2D eigenvalue weighted by Crippen LogP contribution is -2.73. The first-order chi connectivity index (χ1) is 8.62. The number of hydrogen-bond acceptors (Lipinski definition) is 3. The van der Waals surface area contributed by atoms with Crippen molar-refractivity contribution < 1.29 is 4.43 Å². The zero-order chi connectivity index (χ0) is 13.6. The second kappa shape index (κ2) is 7.19. The Balaban J connectivity index is 2.89. The number of hydrogen-bond donors (Lipinski definition) is 2. The Morgan fingerprint density at radius 1 is 1.06 bits per heavy atom. The van der Waals surface area contributed by atoms with Gasteiger partial charge < -0.3 is 14.1 Å². The van der Waals surface area contributed by atoms with E-state index in [9.17, 15) is 0 Å². The summed E-state index contributed by atoms with van der Waals surface area (Å²) in [6.45, 7) is 7.06. The molecule has 1 atom stereocenters. The highest BCUT2D eigenvalue weighted by Crippen LogP contribution is 2.37. The van der Waals surface area contributed by atoms with Gasteiger partial charge >= 0.3 is 8.64 Å². The van der Waals surface area contributed by atoms with Gasteiger partial charge in [-0.3, -0.25) is 0 Å². The molecule has 18 heavy (non-hydrogen) atoms. The SMILES string of the molecule is CC[Si](CC)(CC)N[Si](NC)(OC)C1CCCC1. The van der Waals surface area contributed by atoms with Crippen molar-refractivity contribution in [3.8, 4) is 0 Å². The first-order valence-corrected chi connectivity index (χ1v) is 12.3. The molecule has 0 aromatic rings. The second-order valence-corrected chi connectivity index (χ2v) is 14.5. The summed E-state index contributed by atoms with van der Waals surface area (Å²) in [5.74, 6) is 0. The molecule has 1 rings (SSSR count). The van der Waals surface area contributed by atoms with Crippen LogP contribution in [0.4, 0.5) is 0 Å². The van der Waals surface area contributed by atoms with E-state index in [0.29, 0.717) is 0 Å². The number of rotatable bonds is 8. The normalized spacial score (nSPS) is 21.2. The van der Waals surface area contributed by atoms with Crippen LogP contribution in [-0.4, -0.2) is 31.0 Å². The summed E-state index contributed by atoms with van der Waals surface area (Å²) < 4.78 is 10.2. The maximum Gasteiger partial charge on any atom is 0.347 e. The molecular weight excluding hydrogens is 256 g/mol. The van der Waals surface area contributed by atoms with Crippen LogP contribution in [0, 0.1) is 0 Å². The van der Waals surface area contributed by atoms with Crippen molar-refractivity contribution in [2.75, 3.05) is 14.2 Å². The van der Waals surface area contributed by atoms with Gasteiger partial charge in [0, 0.05) is 12.7 Å². The zero-order valence-corrected chi connectivity index (χ0v) is 14.9. The maximum absolute atomic E-state index is 6.08. The third-order valence-corrected chi connectivity index (χ3v) is 15.9. The van der Waals surface area contributed by atoms with Crippen LogP contribution >= 0.6 is 0 Å². The minimum atomic E-state index is -1.95. The summed E-state index contributed by atoms with van der Waals surface area (Å²) in [4.78, 5) is 3.61. The second-order valence-electron chi connectivity index (χ2n) is 5.64. The molecule has 0 aromatic carbocycles. The molecule has 0 bridgehead atoms. The van der Waals surface area contributed by atoms with Crippen molar-refractivity contribution in [1.29, 1.82) is 0 Å². The van der Waals surface area contributed by atoms with Crippen LogP contribution in [0.5, 0.6) is 0 Å². The van der Waals surface area contributed by atoms with Crippen molar-refractivity contribution in [2.45, 2.75) is 70.1 Å². The van der Waals surface area contributed by atoms with Crippen LogP contribution in [0.15, 0.2) is 0 Å². The van der Waals surface area contributed by atoms with E-state index in [4.69, 9.17) is 4.43 Å². The van der Waals surface area contributed by atoms with Crippen molar-refractivity contribution in [3.63, 3.8) is 0 Å². The maximum atomic E-state index is 6.08. The lowest BCUT2D eigenvalue weighted by molar-refractivity contribution is 0.359. The molecule has 2 N–H and O–H groups in total. The molecule has 1 fully saturated rings. The quantitative estimate of drug-likeness (QED) is 0.672. The first-order valence-electron chi connectivity index (χ1n) is 7.65. The lowest BCUT2D eigenvalue weighted by Gasteiger charge is -2.43. The Kier molecular flexibility index (Phi) is 6.54. The molecule has 0 radical (unpaired) electrons. The standard InChI is InChI=1S/C13H32N2OSi2/c1-6-17(7-2,8-3)15-18(14-4,16-5)13-11-9-10-12-13/h13-15H,6-12H2,1-5H3. The summed E-state index contributed by atoms with van der Waals surface area (Å²) in [7, 11) is 0.724. The fraction of sp³-hybridized carbons (Fsp3) is 1.00. The van der Waals surface area contributed by atoms with Crippen LogP contribution in [0.3, 0.4) is 0 Å². The average Bonchev–Trinajstić information content (AvgIpc) is 2.96. The highest BCUT2D eigenvalue weighted by Gasteiger charge is 2.48. The van der Waals surface area contributed by atoms with Gasteiger partial charge in [-0.05, 0) is 38.0 Å². The Morgan fingerprint density at radius 3 is 1.89 bits per heavy atom. The summed E-state index contributed by atoms with van der Waals surface area (Å²) in [6.07, 6.45) is 5.45. The molecular formula is C13H32N2OSi2. The predicted octanol–water partition coefficient (Wildman–Crippen LogP) is 3.33. The van der Waals surface area contributed by atoms with E-state index in [-0.39, 0.29) is 0 Å². The monoisotopic (exact) mass is 288 g/mol. The van der Waals surface area contributed by atoms with E-state index in [2.05, 4.69) is 37.4 Å². The molecule has 1 aliphatic carbocycles. The van der Waals surface area contributed by atoms with E-state index in [1.807, 2.05) is 7.11 Å². The van der Waals surface area contributed by atoms with Crippen LogP contribution in [0.1, 0.15) is 46.5 Å². The van der Waals surface area contributed by atoms with Gasteiger partial charge in [0.05, 0.1) is 0 Å². The Hall–Kier alpha value is 0.314. The van der Waals surface area contributed by atoms with E-state index in [0.717, 1.165) is 5.54 Å². The smallest absolute Gasteiger partial charge is 0.347 e. The zero-order valence-electron chi connectivity index (χ0n) is 12.9. The molecule has 1 aliphatic rings. The molecule has 1 unspecified atom stereocenters. The van der Waals surface area contributed by atoms with E-state index >= 15 is 0 Å². The topological polar surface area (TPSA) is 33.3 Å². The van der Waals surface area contributed by atoms with Crippen molar-refractivity contribution in [1.82, 2.24) is 9.63 Å². The van der Waals surface area contributed by atoms with E-state index in [1.165, 1.54) is 43.8 Å². The minimum absolute atomic E-state index is 0.754. The minimum Gasteiger partial charge on any atom is -0.395 e. The van der Waals surface area contributed by atoms with Gasteiger partial charge in [0.2, 0.25) is 0 Å². The third kappa shape index (κ3) is 3.25. The van der Waals surface area contributed by atoms with Crippen molar-refractivity contribution >= 4 is 16.9 Å². The van der Waals surface area contributed by atoms with E-state index in [1.54, 1.807) is 0 Å². The highest BCUT2D eigenvalue weighted by atomic mass is 28.4.